The molecule has 24 heavy (non-hydrogen) atoms. The summed E-state index contributed by atoms with van der Waals surface area (Å²) in [5.74, 6) is 0.766. The number of hydrogen-bond acceptors (Lipinski definition) is 2. The van der Waals surface area contributed by atoms with E-state index in [1.165, 1.54) is 12.1 Å². The Morgan fingerprint density at radius 3 is 2.71 bits per heavy atom. The lowest BCUT2D eigenvalue weighted by molar-refractivity contribution is -0.133. The highest BCUT2D eigenvalue weighted by Gasteiger charge is 2.27. The smallest absolute Gasteiger partial charge is 0.225 e. The van der Waals surface area contributed by atoms with Gasteiger partial charge in [0.25, 0.3) is 0 Å². The molecule has 132 valence electrons. The van der Waals surface area contributed by atoms with E-state index in [-0.39, 0.29) is 23.7 Å². The molecule has 0 saturated carbocycles. The van der Waals surface area contributed by atoms with Crippen molar-refractivity contribution >= 4 is 11.9 Å². The Bertz CT molecular complexity index is 571. The van der Waals surface area contributed by atoms with Gasteiger partial charge in [0.05, 0.1) is 0 Å². The molecule has 0 radical (unpaired) electrons. The average Bonchev–Trinajstić information content (AvgIpc) is 3.03. The largest absolute Gasteiger partial charge is 0.356 e. The van der Waals surface area contributed by atoms with Gasteiger partial charge in [-0.25, -0.2) is 4.39 Å². The van der Waals surface area contributed by atoms with Crippen LogP contribution >= 0.6 is 0 Å². The molecule has 1 aliphatic rings. The third kappa shape index (κ3) is 5.22. The number of carbonyl (C=O) groups is 1. The average molecular weight is 334 g/mol. The van der Waals surface area contributed by atoms with Gasteiger partial charge >= 0.3 is 0 Å². The van der Waals surface area contributed by atoms with Crippen LogP contribution in [0.3, 0.4) is 0 Å². The number of likely N-dealkylation sites (tertiary alicyclic amines) is 1. The molecule has 1 saturated heterocycles. The van der Waals surface area contributed by atoms with Gasteiger partial charge in [0.2, 0.25) is 5.91 Å². The van der Waals surface area contributed by atoms with Gasteiger partial charge in [-0.15, -0.1) is 0 Å². The van der Waals surface area contributed by atoms with Crippen molar-refractivity contribution < 1.29 is 9.18 Å². The van der Waals surface area contributed by atoms with Crippen LogP contribution in [0.4, 0.5) is 4.39 Å². The van der Waals surface area contributed by atoms with Crippen LogP contribution in [0.1, 0.15) is 25.8 Å². The number of benzene rings is 1. The second-order valence-corrected chi connectivity index (χ2v) is 6.44. The molecule has 1 atom stereocenters. The van der Waals surface area contributed by atoms with E-state index in [2.05, 4.69) is 15.6 Å². The first kappa shape index (κ1) is 18.2. The van der Waals surface area contributed by atoms with E-state index in [1.54, 1.807) is 19.2 Å². The lowest BCUT2D eigenvalue weighted by atomic mass is 10.1. The zero-order valence-corrected chi connectivity index (χ0v) is 14.7. The molecule has 1 amide bonds. The van der Waals surface area contributed by atoms with E-state index in [0.29, 0.717) is 6.54 Å². The van der Waals surface area contributed by atoms with E-state index in [9.17, 15) is 9.18 Å². The number of nitrogens with one attached hydrogen (secondary N) is 2. The zero-order valence-electron chi connectivity index (χ0n) is 14.7. The minimum atomic E-state index is -0.217. The molecule has 1 aliphatic heterocycles. The topological polar surface area (TPSA) is 56.7 Å². The van der Waals surface area contributed by atoms with Gasteiger partial charge in [-0.2, -0.15) is 0 Å². The van der Waals surface area contributed by atoms with Gasteiger partial charge < -0.3 is 15.5 Å². The summed E-state index contributed by atoms with van der Waals surface area (Å²) in [4.78, 5) is 18.2. The van der Waals surface area contributed by atoms with Crippen molar-refractivity contribution in [2.45, 2.75) is 32.7 Å². The molecule has 1 heterocycles. The molecule has 0 aliphatic carbocycles. The fourth-order valence-corrected chi connectivity index (χ4v) is 2.81. The van der Waals surface area contributed by atoms with Crippen molar-refractivity contribution in [1.82, 2.24) is 15.5 Å². The summed E-state index contributed by atoms with van der Waals surface area (Å²) in [6, 6.07) is 6.76. The molecule has 1 aromatic rings. The first-order valence-corrected chi connectivity index (χ1v) is 8.50. The maximum atomic E-state index is 12.9. The fourth-order valence-electron chi connectivity index (χ4n) is 2.81. The molecule has 0 aromatic heterocycles. The van der Waals surface area contributed by atoms with Crippen molar-refractivity contribution in [3.63, 3.8) is 0 Å². The van der Waals surface area contributed by atoms with Gasteiger partial charge in [-0.1, -0.05) is 26.0 Å². The van der Waals surface area contributed by atoms with Crippen molar-refractivity contribution in [2.75, 3.05) is 26.7 Å². The van der Waals surface area contributed by atoms with Crippen LogP contribution in [-0.2, 0) is 11.2 Å². The Morgan fingerprint density at radius 1 is 1.38 bits per heavy atom. The zero-order chi connectivity index (χ0) is 17.5. The van der Waals surface area contributed by atoms with E-state index in [0.717, 1.165) is 37.5 Å². The van der Waals surface area contributed by atoms with Crippen molar-refractivity contribution in [3.8, 4) is 0 Å². The highest BCUT2D eigenvalue weighted by molar-refractivity contribution is 5.81. The highest BCUT2D eigenvalue weighted by atomic mass is 19.1. The Labute approximate surface area is 143 Å². The van der Waals surface area contributed by atoms with E-state index < -0.39 is 0 Å². The van der Waals surface area contributed by atoms with Crippen LogP contribution in [0.5, 0.6) is 0 Å². The summed E-state index contributed by atoms with van der Waals surface area (Å²) in [5, 5.41) is 6.64. The number of hydrogen-bond donors (Lipinski definition) is 2. The van der Waals surface area contributed by atoms with Gasteiger partial charge in [-0.05, 0) is 30.5 Å². The van der Waals surface area contributed by atoms with E-state index >= 15 is 0 Å². The Morgan fingerprint density at radius 2 is 2.08 bits per heavy atom. The van der Waals surface area contributed by atoms with Crippen LogP contribution in [0.25, 0.3) is 0 Å². The Balaban J connectivity index is 1.75. The molecule has 2 rings (SSSR count). The van der Waals surface area contributed by atoms with E-state index in [4.69, 9.17) is 0 Å². The lowest BCUT2D eigenvalue weighted by Gasteiger charge is -2.20. The molecule has 5 nitrogen and oxygen atoms in total. The molecule has 0 spiro atoms. The molecular formula is C18H27FN4O. The van der Waals surface area contributed by atoms with Crippen molar-refractivity contribution in [2.24, 2.45) is 10.9 Å². The number of guanidine groups is 1. The van der Waals surface area contributed by atoms with Gasteiger partial charge in [0.15, 0.2) is 5.96 Å². The summed E-state index contributed by atoms with van der Waals surface area (Å²) in [6.07, 6.45) is 1.72. The summed E-state index contributed by atoms with van der Waals surface area (Å²) < 4.78 is 12.9. The standard InChI is InChI=1S/C18H27FN4O/c1-13(2)17(24)23-11-9-16(12-23)22-18(20-3)21-10-8-14-4-6-15(19)7-5-14/h4-7,13,16H,8-12H2,1-3H3,(H2,20,21,22). The third-order valence-electron chi connectivity index (χ3n) is 4.18. The highest BCUT2D eigenvalue weighted by Crippen LogP contribution is 2.12. The molecule has 1 fully saturated rings. The minimum absolute atomic E-state index is 0.0388. The number of halogens is 1. The van der Waals surface area contributed by atoms with Crippen LogP contribution < -0.4 is 10.6 Å². The quantitative estimate of drug-likeness (QED) is 0.638. The maximum absolute atomic E-state index is 12.9. The first-order chi connectivity index (χ1) is 11.5. The summed E-state index contributed by atoms with van der Waals surface area (Å²) >= 11 is 0. The SMILES string of the molecule is CN=C(NCCc1ccc(F)cc1)NC1CCN(C(=O)C(C)C)C1. The van der Waals surface area contributed by atoms with Crippen LogP contribution in [0, 0.1) is 11.7 Å². The normalized spacial score (nSPS) is 18.1. The van der Waals surface area contributed by atoms with Crippen LogP contribution in [0.2, 0.25) is 0 Å². The lowest BCUT2D eigenvalue weighted by Crippen LogP contribution is -2.45. The molecule has 1 aromatic carbocycles. The summed E-state index contributed by atoms with van der Waals surface area (Å²) in [6.45, 7) is 6.08. The minimum Gasteiger partial charge on any atom is -0.356 e. The predicted octanol–water partition coefficient (Wildman–Crippen LogP) is 1.79. The second kappa shape index (κ2) is 8.66. The number of aliphatic imine (C=N–C) groups is 1. The number of rotatable bonds is 5. The number of carbonyl (C=O) groups excluding carboxylic acids is 1. The molecule has 2 N–H and O–H groups in total. The van der Waals surface area contributed by atoms with Crippen molar-refractivity contribution in [1.29, 1.82) is 0 Å². The number of nitrogens with zero attached hydrogens (tertiary/aromatic N) is 2. The number of amides is 1. The second-order valence-electron chi connectivity index (χ2n) is 6.44. The molecule has 0 bridgehead atoms. The van der Waals surface area contributed by atoms with Gasteiger partial charge in [-0.3, -0.25) is 9.79 Å². The third-order valence-corrected chi connectivity index (χ3v) is 4.18. The van der Waals surface area contributed by atoms with E-state index in [1.807, 2.05) is 18.7 Å². The fraction of sp³-hybridized carbons (Fsp3) is 0.556. The summed E-state index contributed by atoms with van der Waals surface area (Å²) in [5.41, 5.74) is 1.08. The van der Waals surface area contributed by atoms with Gasteiger partial charge in [0, 0.05) is 38.6 Å². The maximum Gasteiger partial charge on any atom is 0.225 e. The first-order valence-electron chi connectivity index (χ1n) is 8.50. The monoisotopic (exact) mass is 334 g/mol. The summed E-state index contributed by atoms with van der Waals surface area (Å²) in [7, 11) is 1.74. The molecular weight excluding hydrogens is 307 g/mol. The molecule has 1 unspecified atom stereocenters. The van der Waals surface area contributed by atoms with Crippen LogP contribution in [-0.4, -0.2) is 49.5 Å². The Hall–Kier alpha value is -2.11. The van der Waals surface area contributed by atoms with Crippen molar-refractivity contribution in [3.05, 3.63) is 35.6 Å². The molecule has 6 heteroatoms. The van der Waals surface area contributed by atoms with Gasteiger partial charge in [0.1, 0.15) is 5.82 Å². The predicted molar refractivity (Wildman–Crippen MR) is 94.4 cm³/mol. The van der Waals surface area contributed by atoms with Crippen LogP contribution in [0.15, 0.2) is 29.3 Å². The Kier molecular flexibility index (Phi) is 6.58.